The Labute approximate surface area is 161 Å². The summed E-state index contributed by atoms with van der Waals surface area (Å²) in [7, 11) is -2.29. The van der Waals surface area contributed by atoms with E-state index in [2.05, 4.69) is 5.32 Å². The molecule has 3 rings (SSSR count). The highest BCUT2D eigenvalue weighted by molar-refractivity contribution is 7.89. The standard InChI is InChI=1S/C19H28N2O5S/c1-14-5-3-4-9-21(14)27(23,24)18-11-16(6-7-17(18)25-2)19(22)20-12-15-8-10-26-13-15/h6-7,11,14-15H,3-5,8-10,12-13H2,1-2H3,(H,20,22). The maximum atomic E-state index is 13.2. The Bertz CT molecular complexity index is 774. The summed E-state index contributed by atoms with van der Waals surface area (Å²) < 4.78 is 38.5. The second-order valence-corrected chi connectivity index (χ2v) is 9.12. The molecule has 0 radical (unpaired) electrons. The number of sulfonamides is 1. The predicted octanol–water partition coefficient (Wildman–Crippen LogP) is 2.02. The summed E-state index contributed by atoms with van der Waals surface area (Å²) in [4.78, 5) is 12.6. The molecule has 0 aliphatic carbocycles. The van der Waals surface area contributed by atoms with E-state index in [1.165, 1.54) is 17.5 Å². The number of methoxy groups -OCH3 is 1. The maximum absolute atomic E-state index is 13.2. The average Bonchev–Trinajstić information content (AvgIpc) is 3.19. The zero-order chi connectivity index (χ0) is 19.4. The van der Waals surface area contributed by atoms with Crippen molar-refractivity contribution in [3.05, 3.63) is 23.8 Å². The van der Waals surface area contributed by atoms with Crippen LogP contribution in [0, 0.1) is 5.92 Å². The van der Waals surface area contributed by atoms with Crippen LogP contribution in [0.4, 0.5) is 0 Å². The van der Waals surface area contributed by atoms with Crippen LogP contribution in [-0.4, -0.2) is 58.1 Å². The summed E-state index contributed by atoms with van der Waals surface area (Å²) in [5.74, 6) is 0.283. The van der Waals surface area contributed by atoms with Crippen LogP contribution in [0.2, 0.25) is 0 Å². The van der Waals surface area contributed by atoms with Crippen molar-refractivity contribution >= 4 is 15.9 Å². The Morgan fingerprint density at radius 3 is 2.81 bits per heavy atom. The zero-order valence-electron chi connectivity index (χ0n) is 15.9. The minimum atomic E-state index is -3.73. The van der Waals surface area contributed by atoms with Crippen LogP contribution in [0.1, 0.15) is 43.0 Å². The van der Waals surface area contributed by atoms with Gasteiger partial charge in [0.05, 0.1) is 13.7 Å². The van der Waals surface area contributed by atoms with Gasteiger partial charge in [-0.1, -0.05) is 6.42 Å². The van der Waals surface area contributed by atoms with Crippen molar-refractivity contribution in [1.29, 1.82) is 0 Å². The Hall–Kier alpha value is -1.64. The number of amides is 1. The fourth-order valence-corrected chi connectivity index (χ4v) is 5.54. The van der Waals surface area contributed by atoms with Crippen LogP contribution in [0.5, 0.6) is 5.75 Å². The van der Waals surface area contributed by atoms with Gasteiger partial charge in [0.2, 0.25) is 10.0 Å². The first kappa shape index (κ1) is 20.1. The van der Waals surface area contributed by atoms with Crippen molar-refractivity contribution in [3.8, 4) is 5.75 Å². The van der Waals surface area contributed by atoms with Crippen molar-refractivity contribution in [2.24, 2.45) is 5.92 Å². The number of hydrogen-bond donors (Lipinski definition) is 1. The molecular weight excluding hydrogens is 368 g/mol. The highest BCUT2D eigenvalue weighted by Gasteiger charge is 2.33. The number of nitrogens with one attached hydrogen (secondary N) is 1. The van der Waals surface area contributed by atoms with Gasteiger partial charge >= 0.3 is 0 Å². The molecule has 2 unspecified atom stereocenters. The second-order valence-electron chi connectivity index (χ2n) is 7.27. The molecule has 2 aliphatic rings. The summed E-state index contributed by atoms with van der Waals surface area (Å²) in [5, 5.41) is 2.88. The molecule has 1 aromatic carbocycles. The Morgan fingerprint density at radius 2 is 2.15 bits per heavy atom. The molecule has 0 spiro atoms. The van der Waals surface area contributed by atoms with Crippen molar-refractivity contribution in [1.82, 2.24) is 9.62 Å². The van der Waals surface area contributed by atoms with Gasteiger partial charge in [-0.3, -0.25) is 4.79 Å². The van der Waals surface area contributed by atoms with Gasteiger partial charge in [0.25, 0.3) is 5.91 Å². The molecule has 1 amide bonds. The topological polar surface area (TPSA) is 84.9 Å². The number of ether oxygens (including phenoxy) is 2. The number of carbonyl (C=O) groups is 1. The Morgan fingerprint density at radius 1 is 1.33 bits per heavy atom. The number of piperidine rings is 1. The largest absolute Gasteiger partial charge is 0.495 e. The van der Waals surface area contributed by atoms with E-state index >= 15 is 0 Å². The highest BCUT2D eigenvalue weighted by Crippen LogP contribution is 2.31. The SMILES string of the molecule is COc1ccc(C(=O)NCC2CCOC2)cc1S(=O)(=O)N1CCCCC1C. The monoisotopic (exact) mass is 396 g/mol. The molecule has 7 nitrogen and oxygen atoms in total. The lowest BCUT2D eigenvalue weighted by Crippen LogP contribution is -2.42. The first-order valence-corrected chi connectivity index (χ1v) is 10.9. The summed E-state index contributed by atoms with van der Waals surface area (Å²) in [5.41, 5.74) is 0.318. The molecule has 1 N–H and O–H groups in total. The van der Waals surface area contributed by atoms with Gasteiger partial charge < -0.3 is 14.8 Å². The third-order valence-electron chi connectivity index (χ3n) is 5.33. The van der Waals surface area contributed by atoms with Gasteiger partial charge in [0.1, 0.15) is 10.6 Å². The second kappa shape index (κ2) is 8.58. The molecule has 2 atom stereocenters. The molecule has 0 saturated carbocycles. The molecule has 8 heteroatoms. The van der Waals surface area contributed by atoms with Gasteiger partial charge in [-0.05, 0) is 44.4 Å². The van der Waals surface area contributed by atoms with E-state index in [-0.39, 0.29) is 22.6 Å². The van der Waals surface area contributed by atoms with Gasteiger partial charge in [-0.15, -0.1) is 0 Å². The fourth-order valence-electron chi connectivity index (χ4n) is 3.66. The molecule has 2 saturated heterocycles. The predicted molar refractivity (Wildman–Crippen MR) is 101 cm³/mol. The quantitative estimate of drug-likeness (QED) is 0.795. The number of carbonyl (C=O) groups excluding carboxylic acids is 1. The average molecular weight is 397 g/mol. The van der Waals surface area contributed by atoms with Gasteiger partial charge in [0.15, 0.2) is 0 Å². The molecular formula is C19H28N2O5S. The normalized spacial score (nSPS) is 23.9. The summed E-state index contributed by atoms with van der Waals surface area (Å²) in [6.07, 6.45) is 3.63. The number of rotatable bonds is 6. The van der Waals surface area contributed by atoms with Gasteiger partial charge in [-0.2, -0.15) is 4.31 Å². The van der Waals surface area contributed by atoms with Crippen molar-refractivity contribution in [3.63, 3.8) is 0 Å². The third-order valence-corrected chi connectivity index (χ3v) is 7.36. The first-order valence-electron chi connectivity index (χ1n) is 9.49. The van der Waals surface area contributed by atoms with Gasteiger partial charge in [-0.25, -0.2) is 8.42 Å². The molecule has 2 heterocycles. The number of hydrogen-bond acceptors (Lipinski definition) is 5. The summed E-state index contributed by atoms with van der Waals surface area (Å²) >= 11 is 0. The highest BCUT2D eigenvalue weighted by atomic mass is 32.2. The smallest absolute Gasteiger partial charge is 0.251 e. The molecule has 2 aliphatic heterocycles. The maximum Gasteiger partial charge on any atom is 0.251 e. The molecule has 2 fully saturated rings. The van der Waals surface area contributed by atoms with Crippen LogP contribution in [0.15, 0.2) is 23.1 Å². The first-order chi connectivity index (χ1) is 12.9. The molecule has 27 heavy (non-hydrogen) atoms. The summed E-state index contributed by atoms with van der Waals surface area (Å²) in [6.45, 7) is 4.30. The van der Waals surface area contributed by atoms with Crippen molar-refractivity contribution < 1.29 is 22.7 Å². The number of benzene rings is 1. The van der Waals surface area contributed by atoms with Crippen molar-refractivity contribution in [2.75, 3.05) is 33.4 Å². The van der Waals surface area contributed by atoms with E-state index in [4.69, 9.17) is 9.47 Å². The Balaban J connectivity index is 1.83. The van der Waals surface area contributed by atoms with Crippen molar-refractivity contribution in [2.45, 2.75) is 43.5 Å². The van der Waals surface area contributed by atoms with E-state index in [1.54, 1.807) is 12.1 Å². The minimum absolute atomic E-state index is 0.0515. The Kier molecular flexibility index (Phi) is 6.39. The third kappa shape index (κ3) is 4.44. The minimum Gasteiger partial charge on any atom is -0.495 e. The lowest BCUT2D eigenvalue weighted by atomic mass is 10.1. The molecule has 0 bridgehead atoms. The van der Waals surface area contributed by atoms with E-state index in [1.807, 2.05) is 6.92 Å². The van der Waals surface area contributed by atoms with Crippen LogP contribution in [0.3, 0.4) is 0 Å². The molecule has 0 aromatic heterocycles. The lowest BCUT2D eigenvalue weighted by molar-refractivity contribution is 0.0944. The van der Waals surface area contributed by atoms with E-state index in [0.29, 0.717) is 31.2 Å². The van der Waals surface area contributed by atoms with Crippen LogP contribution < -0.4 is 10.1 Å². The lowest BCUT2D eigenvalue weighted by Gasteiger charge is -2.32. The van der Waals surface area contributed by atoms with E-state index in [9.17, 15) is 13.2 Å². The van der Waals surface area contributed by atoms with E-state index in [0.717, 1.165) is 32.3 Å². The zero-order valence-corrected chi connectivity index (χ0v) is 16.8. The van der Waals surface area contributed by atoms with Crippen LogP contribution >= 0.6 is 0 Å². The number of nitrogens with zero attached hydrogens (tertiary/aromatic N) is 1. The molecule has 1 aromatic rings. The van der Waals surface area contributed by atoms with Gasteiger partial charge in [0, 0.05) is 37.2 Å². The fraction of sp³-hybridized carbons (Fsp3) is 0.632. The summed E-state index contributed by atoms with van der Waals surface area (Å²) in [6, 6.07) is 4.51. The van der Waals surface area contributed by atoms with Crippen LogP contribution in [0.25, 0.3) is 0 Å². The molecule has 150 valence electrons. The van der Waals surface area contributed by atoms with E-state index < -0.39 is 10.0 Å². The van der Waals surface area contributed by atoms with Crippen LogP contribution in [-0.2, 0) is 14.8 Å².